The molecule has 0 saturated carbocycles. The van der Waals surface area contributed by atoms with Gasteiger partial charge in [0.05, 0.1) is 23.4 Å². The summed E-state index contributed by atoms with van der Waals surface area (Å²) in [4.78, 5) is 11.2. The van der Waals surface area contributed by atoms with E-state index in [0.29, 0.717) is 0 Å². The Morgan fingerprint density at radius 2 is 1.96 bits per heavy atom. The van der Waals surface area contributed by atoms with Crippen molar-refractivity contribution < 1.29 is 4.74 Å². The van der Waals surface area contributed by atoms with Crippen molar-refractivity contribution in [3.05, 3.63) is 24.3 Å². The van der Waals surface area contributed by atoms with Crippen LogP contribution in [0.5, 0.6) is 0 Å². The van der Waals surface area contributed by atoms with E-state index in [2.05, 4.69) is 36.9 Å². The molecule has 2 aromatic rings. The maximum Gasteiger partial charge on any atom is 0.191 e. The normalized spacial score (nSPS) is 15.5. The lowest BCUT2D eigenvalue weighted by atomic mass is 10.3. The second-order valence-corrected chi connectivity index (χ2v) is 6.82. The van der Waals surface area contributed by atoms with Gasteiger partial charge in [-0.25, -0.2) is 4.98 Å². The van der Waals surface area contributed by atoms with Crippen LogP contribution in [0.4, 0.5) is 5.13 Å². The van der Waals surface area contributed by atoms with Crippen molar-refractivity contribution >= 4 is 56.6 Å². The minimum atomic E-state index is 0. The topological polar surface area (TPSA) is 73.8 Å². The fourth-order valence-electron chi connectivity index (χ4n) is 2.68. The van der Waals surface area contributed by atoms with Crippen LogP contribution in [0.15, 0.2) is 29.3 Å². The number of halogens is 1. The Labute approximate surface area is 175 Å². The Bertz CT molecular complexity index is 656. The first-order valence-electron chi connectivity index (χ1n) is 8.69. The molecule has 0 aliphatic carbocycles. The molecule has 3 rings (SSSR count). The highest BCUT2D eigenvalue weighted by molar-refractivity contribution is 14.0. The van der Waals surface area contributed by atoms with Gasteiger partial charge in [-0.05, 0) is 12.1 Å². The molecule has 1 saturated heterocycles. The summed E-state index contributed by atoms with van der Waals surface area (Å²) in [5.41, 5.74) is 1.04. The van der Waals surface area contributed by atoms with Crippen LogP contribution in [0.25, 0.3) is 10.2 Å². The van der Waals surface area contributed by atoms with Crippen molar-refractivity contribution in [1.82, 2.24) is 20.5 Å². The van der Waals surface area contributed by atoms with E-state index in [0.717, 1.165) is 69.1 Å². The minimum Gasteiger partial charge on any atom is -0.379 e. The molecule has 1 aliphatic rings. The summed E-state index contributed by atoms with van der Waals surface area (Å²) in [7, 11) is 1.80. The van der Waals surface area contributed by atoms with Crippen LogP contribution in [-0.4, -0.2) is 75.4 Å². The molecule has 0 radical (unpaired) electrons. The van der Waals surface area contributed by atoms with Gasteiger partial charge in [0.1, 0.15) is 0 Å². The molecule has 1 aliphatic heterocycles. The standard InChI is InChI=1S/C17H26N6OS.HI/c1-18-16(20-8-9-23-10-12-24-13-11-23)19-6-7-21-17-22-14-4-2-3-5-15(14)25-17;/h2-5H,6-13H2,1H3,(H,21,22)(H2,18,19,20);1H. The maximum absolute atomic E-state index is 5.36. The molecule has 0 amide bonds. The summed E-state index contributed by atoms with van der Waals surface area (Å²) in [6.45, 7) is 7.17. The van der Waals surface area contributed by atoms with Gasteiger partial charge in [0.15, 0.2) is 11.1 Å². The van der Waals surface area contributed by atoms with Crippen LogP contribution >= 0.6 is 35.3 Å². The average Bonchev–Trinajstić information content (AvgIpc) is 3.07. The van der Waals surface area contributed by atoms with E-state index in [1.54, 1.807) is 18.4 Å². The van der Waals surface area contributed by atoms with E-state index in [4.69, 9.17) is 4.74 Å². The highest BCUT2D eigenvalue weighted by Crippen LogP contribution is 2.24. The summed E-state index contributed by atoms with van der Waals surface area (Å²) < 4.78 is 6.57. The van der Waals surface area contributed by atoms with E-state index in [-0.39, 0.29) is 24.0 Å². The predicted octanol–water partition coefficient (Wildman–Crippen LogP) is 1.82. The number of hydrogen-bond acceptors (Lipinski definition) is 6. The van der Waals surface area contributed by atoms with Gasteiger partial charge in [0.2, 0.25) is 0 Å². The molecule has 3 N–H and O–H groups in total. The second-order valence-electron chi connectivity index (χ2n) is 5.79. The molecule has 7 nitrogen and oxygen atoms in total. The van der Waals surface area contributed by atoms with Crippen molar-refractivity contribution in [1.29, 1.82) is 0 Å². The number of para-hydroxylation sites is 1. The first-order valence-corrected chi connectivity index (χ1v) is 9.51. The monoisotopic (exact) mass is 490 g/mol. The lowest BCUT2D eigenvalue weighted by Crippen LogP contribution is -2.45. The van der Waals surface area contributed by atoms with Gasteiger partial charge in [-0.2, -0.15) is 0 Å². The quantitative estimate of drug-likeness (QED) is 0.238. The van der Waals surface area contributed by atoms with Gasteiger partial charge in [-0.1, -0.05) is 23.5 Å². The second kappa shape index (κ2) is 11.5. The minimum absolute atomic E-state index is 0. The molecular formula is C17H27IN6OS. The van der Waals surface area contributed by atoms with Crippen molar-refractivity contribution in [2.75, 3.05) is 64.8 Å². The SMILES string of the molecule is CN=C(NCCNc1nc2ccccc2s1)NCCN1CCOCC1.I. The molecule has 1 fully saturated rings. The number of fused-ring (bicyclic) bond motifs is 1. The smallest absolute Gasteiger partial charge is 0.191 e. The van der Waals surface area contributed by atoms with Gasteiger partial charge < -0.3 is 20.7 Å². The van der Waals surface area contributed by atoms with Crippen LogP contribution in [0, 0.1) is 0 Å². The number of anilines is 1. The zero-order chi connectivity index (χ0) is 17.3. The molecule has 144 valence electrons. The third-order valence-electron chi connectivity index (χ3n) is 4.04. The average molecular weight is 490 g/mol. The van der Waals surface area contributed by atoms with Crippen LogP contribution in [0.3, 0.4) is 0 Å². The molecule has 0 atom stereocenters. The Morgan fingerprint density at radius 1 is 1.19 bits per heavy atom. The fraction of sp³-hybridized carbons (Fsp3) is 0.529. The zero-order valence-corrected chi connectivity index (χ0v) is 18.2. The van der Waals surface area contributed by atoms with Gasteiger partial charge in [0, 0.05) is 46.3 Å². The molecule has 0 unspecified atom stereocenters. The summed E-state index contributed by atoms with van der Waals surface area (Å²) in [5.74, 6) is 0.833. The van der Waals surface area contributed by atoms with Crippen LogP contribution < -0.4 is 16.0 Å². The molecule has 2 heterocycles. The number of guanidine groups is 1. The zero-order valence-electron chi connectivity index (χ0n) is 15.0. The van der Waals surface area contributed by atoms with Crippen molar-refractivity contribution in [2.24, 2.45) is 4.99 Å². The summed E-state index contributed by atoms with van der Waals surface area (Å²) in [6, 6.07) is 8.19. The number of aliphatic imine (C=N–C) groups is 1. The molecular weight excluding hydrogens is 463 g/mol. The number of aromatic nitrogens is 1. The first-order chi connectivity index (χ1) is 12.3. The van der Waals surface area contributed by atoms with E-state index >= 15 is 0 Å². The molecule has 1 aromatic carbocycles. The van der Waals surface area contributed by atoms with E-state index < -0.39 is 0 Å². The number of thiazole rings is 1. The molecule has 0 spiro atoms. The number of morpholine rings is 1. The maximum atomic E-state index is 5.36. The third kappa shape index (κ3) is 6.53. The molecule has 0 bridgehead atoms. The van der Waals surface area contributed by atoms with Gasteiger partial charge in [-0.15, -0.1) is 24.0 Å². The number of ether oxygens (including phenoxy) is 1. The van der Waals surface area contributed by atoms with Gasteiger partial charge in [-0.3, -0.25) is 9.89 Å². The van der Waals surface area contributed by atoms with Gasteiger partial charge >= 0.3 is 0 Å². The van der Waals surface area contributed by atoms with E-state index in [9.17, 15) is 0 Å². The Morgan fingerprint density at radius 3 is 2.73 bits per heavy atom. The molecule has 26 heavy (non-hydrogen) atoms. The van der Waals surface area contributed by atoms with Crippen LogP contribution in [0.1, 0.15) is 0 Å². The van der Waals surface area contributed by atoms with Crippen LogP contribution in [0.2, 0.25) is 0 Å². The van der Waals surface area contributed by atoms with Gasteiger partial charge in [0.25, 0.3) is 0 Å². The summed E-state index contributed by atoms with van der Waals surface area (Å²) in [5, 5.41) is 11.0. The number of hydrogen-bond donors (Lipinski definition) is 3. The lowest BCUT2D eigenvalue weighted by Gasteiger charge is -2.26. The van der Waals surface area contributed by atoms with E-state index in [1.807, 2.05) is 18.2 Å². The number of benzene rings is 1. The van der Waals surface area contributed by atoms with Crippen LogP contribution in [-0.2, 0) is 4.74 Å². The number of nitrogens with one attached hydrogen (secondary N) is 3. The summed E-state index contributed by atoms with van der Waals surface area (Å²) >= 11 is 1.68. The largest absolute Gasteiger partial charge is 0.379 e. The lowest BCUT2D eigenvalue weighted by molar-refractivity contribution is 0.0389. The Balaban J connectivity index is 0.00000243. The van der Waals surface area contributed by atoms with Crippen molar-refractivity contribution in [3.8, 4) is 0 Å². The van der Waals surface area contributed by atoms with Crippen molar-refractivity contribution in [2.45, 2.75) is 0 Å². The molecule has 9 heteroatoms. The highest BCUT2D eigenvalue weighted by Gasteiger charge is 2.09. The Hall–Kier alpha value is -1.17. The third-order valence-corrected chi connectivity index (χ3v) is 5.03. The van der Waals surface area contributed by atoms with Crippen molar-refractivity contribution in [3.63, 3.8) is 0 Å². The highest BCUT2D eigenvalue weighted by atomic mass is 127. The Kier molecular flexibility index (Phi) is 9.37. The first kappa shape index (κ1) is 21.1. The number of rotatable bonds is 7. The predicted molar refractivity (Wildman–Crippen MR) is 120 cm³/mol. The molecule has 1 aromatic heterocycles. The number of nitrogens with zero attached hydrogens (tertiary/aromatic N) is 3. The van der Waals surface area contributed by atoms with E-state index in [1.165, 1.54) is 4.70 Å². The fourth-order valence-corrected chi connectivity index (χ4v) is 3.57. The summed E-state index contributed by atoms with van der Waals surface area (Å²) in [6.07, 6.45) is 0.